The maximum atomic E-state index is 12.3. The van der Waals surface area contributed by atoms with Crippen molar-refractivity contribution in [1.29, 1.82) is 0 Å². The molecule has 0 heterocycles. The number of ether oxygens (including phenoxy) is 1. The van der Waals surface area contributed by atoms with Crippen LogP contribution in [0.25, 0.3) is 0 Å². The van der Waals surface area contributed by atoms with Gasteiger partial charge in [0, 0.05) is 6.04 Å². The van der Waals surface area contributed by atoms with E-state index >= 15 is 0 Å². The largest absolute Gasteiger partial charge is 0.455 e. The summed E-state index contributed by atoms with van der Waals surface area (Å²) >= 11 is 0. The number of amides is 1. The zero-order valence-corrected chi connectivity index (χ0v) is 17.1. The van der Waals surface area contributed by atoms with Gasteiger partial charge in [0.2, 0.25) is 0 Å². The van der Waals surface area contributed by atoms with E-state index in [4.69, 9.17) is 4.74 Å². The molecular formula is C22H37NO3. The minimum Gasteiger partial charge on any atom is -0.455 e. The predicted molar refractivity (Wildman–Crippen MR) is 102 cm³/mol. The van der Waals surface area contributed by atoms with Gasteiger partial charge in [-0.1, -0.05) is 27.2 Å². The fourth-order valence-electron chi connectivity index (χ4n) is 5.76. The monoisotopic (exact) mass is 363 g/mol. The van der Waals surface area contributed by atoms with Crippen molar-refractivity contribution in [2.24, 2.45) is 35.0 Å². The third-order valence-corrected chi connectivity index (χ3v) is 7.45. The van der Waals surface area contributed by atoms with Crippen LogP contribution in [0.2, 0.25) is 0 Å². The molecule has 3 aliphatic carbocycles. The quantitative estimate of drug-likeness (QED) is 0.740. The highest BCUT2D eigenvalue weighted by atomic mass is 16.5. The van der Waals surface area contributed by atoms with E-state index in [0.29, 0.717) is 17.3 Å². The summed E-state index contributed by atoms with van der Waals surface area (Å²) < 4.78 is 5.34. The first-order valence-corrected chi connectivity index (χ1v) is 10.7. The first kappa shape index (κ1) is 19.7. The maximum Gasteiger partial charge on any atom is 0.309 e. The molecule has 0 unspecified atom stereocenters. The molecule has 3 aliphatic rings. The van der Waals surface area contributed by atoms with E-state index < -0.39 is 0 Å². The Morgan fingerprint density at radius 3 is 2.27 bits per heavy atom. The molecular weight excluding hydrogens is 326 g/mol. The third kappa shape index (κ3) is 4.61. The fraction of sp³-hybridized carbons (Fsp3) is 0.909. The lowest BCUT2D eigenvalue weighted by molar-refractivity contribution is -0.154. The number of esters is 1. The van der Waals surface area contributed by atoms with Gasteiger partial charge >= 0.3 is 5.97 Å². The summed E-state index contributed by atoms with van der Waals surface area (Å²) in [4.78, 5) is 24.5. The second-order valence-electron chi connectivity index (χ2n) is 10.2. The van der Waals surface area contributed by atoms with Gasteiger partial charge in [-0.25, -0.2) is 0 Å². The molecule has 0 aromatic carbocycles. The van der Waals surface area contributed by atoms with Crippen LogP contribution in [0.4, 0.5) is 0 Å². The second-order valence-corrected chi connectivity index (χ2v) is 10.2. The Balaban J connectivity index is 1.36. The molecule has 0 aromatic heterocycles. The Labute approximate surface area is 158 Å². The first-order valence-electron chi connectivity index (χ1n) is 10.7. The van der Waals surface area contributed by atoms with Gasteiger partial charge in [0.15, 0.2) is 6.61 Å². The summed E-state index contributed by atoms with van der Waals surface area (Å²) in [5, 5.41) is 3.08. The maximum absolute atomic E-state index is 12.3. The van der Waals surface area contributed by atoms with Crippen LogP contribution < -0.4 is 5.32 Å². The van der Waals surface area contributed by atoms with Crippen molar-refractivity contribution in [2.75, 3.05) is 6.61 Å². The topological polar surface area (TPSA) is 55.4 Å². The minimum absolute atomic E-state index is 0.0237. The normalized spacial score (nSPS) is 35.2. The van der Waals surface area contributed by atoms with Crippen LogP contribution in [0.3, 0.4) is 0 Å². The predicted octanol–water partition coefficient (Wildman–Crippen LogP) is 4.32. The summed E-state index contributed by atoms with van der Waals surface area (Å²) in [6.45, 7) is 8.82. The van der Waals surface area contributed by atoms with Gasteiger partial charge in [-0.05, 0) is 81.0 Å². The van der Waals surface area contributed by atoms with Crippen molar-refractivity contribution in [2.45, 2.75) is 85.1 Å². The first-order chi connectivity index (χ1) is 12.2. The Morgan fingerprint density at radius 2 is 1.73 bits per heavy atom. The van der Waals surface area contributed by atoms with Crippen molar-refractivity contribution >= 4 is 11.9 Å². The molecule has 4 heteroatoms. The van der Waals surface area contributed by atoms with Gasteiger partial charge in [0.05, 0.1) is 5.92 Å². The van der Waals surface area contributed by atoms with Gasteiger partial charge in [-0.3, -0.25) is 9.59 Å². The van der Waals surface area contributed by atoms with E-state index in [-0.39, 0.29) is 30.4 Å². The van der Waals surface area contributed by atoms with E-state index in [0.717, 1.165) is 37.5 Å². The van der Waals surface area contributed by atoms with Crippen LogP contribution in [0.5, 0.6) is 0 Å². The van der Waals surface area contributed by atoms with E-state index in [1.165, 1.54) is 25.7 Å². The zero-order valence-electron chi connectivity index (χ0n) is 17.1. The highest BCUT2D eigenvalue weighted by Gasteiger charge is 2.42. The van der Waals surface area contributed by atoms with Crippen molar-refractivity contribution in [3.05, 3.63) is 0 Å². The molecule has 2 bridgehead atoms. The van der Waals surface area contributed by atoms with Crippen molar-refractivity contribution in [1.82, 2.24) is 5.32 Å². The molecule has 1 amide bonds. The molecule has 0 aromatic rings. The molecule has 0 aliphatic heterocycles. The molecule has 4 nitrogen and oxygen atoms in total. The molecule has 4 atom stereocenters. The molecule has 0 radical (unpaired) electrons. The molecule has 3 rings (SSSR count). The molecule has 148 valence electrons. The Hall–Kier alpha value is -1.06. The van der Waals surface area contributed by atoms with Gasteiger partial charge in [0.25, 0.3) is 5.91 Å². The number of carbonyl (C=O) groups is 2. The zero-order chi connectivity index (χ0) is 18.9. The molecule has 0 spiro atoms. The summed E-state index contributed by atoms with van der Waals surface area (Å²) in [5.41, 5.74) is 0.310. The Morgan fingerprint density at radius 1 is 1.04 bits per heavy atom. The number of nitrogens with one attached hydrogen (secondary N) is 1. The highest BCUT2D eigenvalue weighted by Crippen LogP contribution is 2.49. The van der Waals surface area contributed by atoms with Gasteiger partial charge in [-0.2, -0.15) is 0 Å². The van der Waals surface area contributed by atoms with E-state index in [1.54, 1.807) is 0 Å². The standard InChI is InChI=1S/C22H37NO3/c1-14(19-12-15-5-6-17(19)11-15)23-20(24)13-26-21(25)16-7-9-18(10-8-16)22(2,3)4/h14-19H,5-13H2,1-4H3,(H,23,24)/t14-,15-,16?,17-,18?,19-/m0/s1. The van der Waals surface area contributed by atoms with Crippen LogP contribution in [-0.4, -0.2) is 24.5 Å². The Kier molecular flexibility index (Phi) is 5.98. The number of hydrogen-bond acceptors (Lipinski definition) is 3. The smallest absolute Gasteiger partial charge is 0.309 e. The van der Waals surface area contributed by atoms with Crippen molar-refractivity contribution < 1.29 is 14.3 Å². The lowest BCUT2D eigenvalue weighted by Gasteiger charge is -2.36. The van der Waals surface area contributed by atoms with Crippen LogP contribution >= 0.6 is 0 Å². The third-order valence-electron chi connectivity index (χ3n) is 7.45. The number of hydrogen-bond donors (Lipinski definition) is 1. The average molecular weight is 364 g/mol. The molecule has 3 fully saturated rings. The van der Waals surface area contributed by atoms with Crippen LogP contribution in [0, 0.1) is 35.0 Å². The second kappa shape index (κ2) is 7.90. The summed E-state index contributed by atoms with van der Waals surface area (Å²) in [6, 6.07) is 0.193. The molecule has 3 saturated carbocycles. The van der Waals surface area contributed by atoms with E-state index in [2.05, 4.69) is 33.0 Å². The number of fused-ring (bicyclic) bond motifs is 2. The molecule has 26 heavy (non-hydrogen) atoms. The van der Waals surface area contributed by atoms with Gasteiger partial charge in [0.1, 0.15) is 0 Å². The number of rotatable bonds is 5. The highest BCUT2D eigenvalue weighted by molar-refractivity contribution is 5.81. The fourth-order valence-corrected chi connectivity index (χ4v) is 5.76. The SMILES string of the molecule is C[C@H](NC(=O)COC(=O)C1CCC(C(C)(C)C)CC1)[C@@H]1C[C@H]2CC[C@H]1C2. The molecule has 0 saturated heterocycles. The van der Waals surface area contributed by atoms with Gasteiger partial charge in [-0.15, -0.1) is 0 Å². The minimum atomic E-state index is -0.180. The van der Waals surface area contributed by atoms with Crippen LogP contribution in [0.15, 0.2) is 0 Å². The van der Waals surface area contributed by atoms with E-state index in [9.17, 15) is 9.59 Å². The number of carbonyl (C=O) groups excluding carboxylic acids is 2. The summed E-state index contributed by atoms with van der Waals surface area (Å²) in [6.07, 6.45) is 9.24. The van der Waals surface area contributed by atoms with E-state index in [1.807, 2.05) is 0 Å². The lowest BCUT2D eigenvalue weighted by atomic mass is 9.70. The lowest BCUT2D eigenvalue weighted by Crippen LogP contribution is -2.42. The van der Waals surface area contributed by atoms with Crippen molar-refractivity contribution in [3.63, 3.8) is 0 Å². The average Bonchev–Trinajstić information content (AvgIpc) is 3.22. The van der Waals surface area contributed by atoms with Crippen molar-refractivity contribution in [3.8, 4) is 0 Å². The summed E-state index contributed by atoms with van der Waals surface area (Å²) in [7, 11) is 0. The van der Waals surface area contributed by atoms with Crippen LogP contribution in [-0.2, 0) is 14.3 Å². The van der Waals surface area contributed by atoms with Crippen LogP contribution in [0.1, 0.15) is 79.1 Å². The Bertz CT molecular complexity index is 516. The molecule has 1 N–H and O–H groups in total. The van der Waals surface area contributed by atoms with Gasteiger partial charge < -0.3 is 10.1 Å². The summed E-state index contributed by atoms with van der Waals surface area (Å²) in [5.74, 6) is 2.61.